The van der Waals surface area contributed by atoms with Crippen LogP contribution in [0.2, 0.25) is 0 Å². The summed E-state index contributed by atoms with van der Waals surface area (Å²) in [6.45, 7) is 3.89. The van der Waals surface area contributed by atoms with Crippen molar-refractivity contribution in [2.75, 3.05) is 0 Å². The lowest BCUT2D eigenvalue weighted by Gasteiger charge is -2.13. The number of hydrogen-bond donors (Lipinski definition) is 1. The molecular formula is C16H14BrFO3. The highest BCUT2D eigenvalue weighted by molar-refractivity contribution is 9.10. The molecule has 21 heavy (non-hydrogen) atoms. The van der Waals surface area contributed by atoms with Crippen LogP contribution in [0.5, 0.6) is 5.75 Å². The maximum Gasteiger partial charge on any atom is 0.335 e. The summed E-state index contributed by atoms with van der Waals surface area (Å²) in [5.74, 6) is -0.632. The van der Waals surface area contributed by atoms with Gasteiger partial charge in [-0.1, -0.05) is 6.07 Å². The maximum absolute atomic E-state index is 13.2. The van der Waals surface area contributed by atoms with E-state index in [1.807, 2.05) is 0 Å². The highest BCUT2D eigenvalue weighted by Crippen LogP contribution is 2.26. The molecule has 2 aromatic carbocycles. The second-order valence-corrected chi connectivity index (χ2v) is 5.64. The molecular weight excluding hydrogens is 339 g/mol. The van der Waals surface area contributed by atoms with E-state index in [4.69, 9.17) is 9.84 Å². The van der Waals surface area contributed by atoms with Gasteiger partial charge < -0.3 is 9.84 Å². The van der Waals surface area contributed by atoms with Gasteiger partial charge in [-0.05, 0) is 70.7 Å². The molecule has 0 spiro atoms. The van der Waals surface area contributed by atoms with E-state index >= 15 is 0 Å². The van der Waals surface area contributed by atoms with Gasteiger partial charge in [0.15, 0.2) is 0 Å². The zero-order valence-corrected chi connectivity index (χ0v) is 13.2. The van der Waals surface area contributed by atoms with Crippen LogP contribution in [0.3, 0.4) is 0 Å². The van der Waals surface area contributed by atoms with Crippen molar-refractivity contribution in [3.8, 4) is 5.75 Å². The third kappa shape index (κ3) is 3.61. The predicted molar refractivity (Wildman–Crippen MR) is 81.3 cm³/mol. The molecule has 0 saturated carbocycles. The predicted octanol–water partition coefficient (Wildman–Crippen LogP) is 4.48. The number of aryl methyl sites for hydroxylation is 2. The molecule has 0 amide bonds. The van der Waals surface area contributed by atoms with E-state index in [1.54, 1.807) is 38.1 Å². The van der Waals surface area contributed by atoms with Crippen LogP contribution in [0.1, 0.15) is 27.0 Å². The van der Waals surface area contributed by atoms with Crippen LogP contribution in [0.15, 0.2) is 34.8 Å². The van der Waals surface area contributed by atoms with Gasteiger partial charge in [0.1, 0.15) is 18.2 Å². The lowest BCUT2D eigenvalue weighted by Crippen LogP contribution is -2.03. The Morgan fingerprint density at radius 3 is 2.38 bits per heavy atom. The number of carboxylic acids is 1. The van der Waals surface area contributed by atoms with E-state index in [-0.39, 0.29) is 18.0 Å². The lowest BCUT2D eigenvalue weighted by molar-refractivity contribution is 0.0696. The zero-order chi connectivity index (χ0) is 15.6. The second kappa shape index (κ2) is 6.26. The van der Waals surface area contributed by atoms with Gasteiger partial charge in [-0.25, -0.2) is 9.18 Å². The van der Waals surface area contributed by atoms with Gasteiger partial charge in [-0.3, -0.25) is 0 Å². The van der Waals surface area contributed by atoms with E-state index < -0.39 is 5.97 Å². The molecule has 0 aliphatic carbocycles. The molecule has 2 rings (SSSR count). The van der Waals surface area contributed by atoms with Crippen molar-refractivity contribution in [3.05, 3.63) is 62.9 Å². The number of hydrogen-bond acceptors (Lipinski definition) is 2. The van der Waals surface area contributed by atoms with Gasteiger partial charge in [-0.15, -0.1) is 0 Å². The van der Waals surface area contributed by atoms with Crippen molar-refractivity contribution in [1.29, 1.82) is 0 Å². The molecule has 3 nitrogen and oxygen atoms in total. The van der Waals surface area contributed by atoms with Crippen LogP contribution >= 0.6 is 15.9 Å². The number of carbonyl (C=O) groups is 1. The summed E-state index contributed by atoms with van der Waals surface area (Å²) in [4.78, 5) is 11.0. The summed E-state index contributed by atoms with van der Waals surface area (Å²) in [6, 6.07) is 7.83. The summed E-state index contributed by atoms with van der Waals surface area (Å²) >= 11 is 3.13. The number of benzene rings is 2. The Bertz CT molecular complexity index is 675. The Labute approximate surface area is 130 Å². The average molecular weight is 353 g/mol. The smallest absolute Gasteiger partial charge is 0.335 e. The van der Waals surface area contributed by atoms with Gasteiger partial charge in [0.25, 0.3) is 0 Å². The Morgan fingerprint density at radius 1 is 1.24 bits per heavy atom. The fraction of sp³-hybridized carbons (Fsp3) is 0.188. The van der Waals surface area contributed by atoms with Crippen molar-refractivity contribution >= 4 is 21.9 Å². The number of rotatable bonds is 4. The summed E-state index contributed by atoms with van der Waals surface area (Å²) in [5, 5.41) is 9.01. The van der Waals surface area contributed by atoms with E-state index in [9.17, 15) is 9.18 Å². The van der Waals surface area contributed by atoms with Gasteiger partial charge >= 0.3 is 5.97 Å². The summed E-state index contributed by atoms with van der Waals surface area (Å²) in [7, 11) is 0. The molecule has 0 aliphatic heterocycles. The minimum absolute atomic E-state index is 0.238. The minimum Gasteiger partial charge on any atom is -0.488 e. The van der Waals surface area contributed by atoms with Crippen molar-refractivity contribution in [2.24, 2.45) is 0 Å². The lowest BCUT2D eigenvalue weighted by atomic mass is 10.1. The molecule has 0 fully saturated rings. The molecule has 0 unspecified atom stereocenters. The molecule has 0 heterocycles. The van der Waals surface area contributed by atoms with Crippen LogP contribution in [0.25, 0.3) is 0 Å². The third-order valence-corrected chi connectivity index (χ3v) is 3.68. The number of halogens is 2. The molecule has 110 valence electrons. The highest BCUT2D eigenvalue weighted by atomic mass is 79.9. The van der Waals surface area contributed by atoms with Crippen LogP contribution in [-0.4, -0.2) is 11.1 Å². The first-order chi connectivity index (χ1) is 9.88. The van der Waals surface area contributed by atoms with Crippen LogP contribution in [0, 0.1) is 19.7 Å². The average Bonchev–Trinajstić information content (AvgIpc) is 2.41. The van der Waals surface area contributed by atoms with Crippen molar-refractivity contribution < 1.29 is 19.0 Å². The molecule has 0 bridgehead atoms. The zero-order valence-electron chi connectivity index (χ0n) is 11.6. The number of ether oxygens (including phenoxy) is 1. The topological polar surface area (TPSA) is 46.5 Å². The van der Waals surface area contributed by atoms with E-state index in [0.717, 1.165) is 16.7 Å². The molecule has 5 heteroatoms. The first kappa shape index (κ1) is 15.5. The second-order valence-electron chi connectivity index (χ2n) is 4.78. The maximum atomic E-state index is 13.2. The molecule has 0 aromatic heterocycles. The fourth-order valence-corrected chi connectivity index (χ4v) is 2.51. The largest absolute Gasteiger partial charge is 0.488 e. The molecule has 0 saturated heterocycles. The standard InChI is InChI=1S/C16H14BrFO3/c1-9-5-12(16(19)20)6-10(2)15(9)21-8-11-3-4-14(18)13(17)7-11/h3-7H,8H2,1-2H3,(H,19,20). The minimum atomic E-state index is -0.963. The molecule has 0 radical (unpaired) electrons. The SMILES string of the molecule is Cc1cc(C(=O)O)cc(C)c1OCc1ccc(F)c(Br)c1. The van der Waals surface area contributed by atoms with Crippen LogP contribution in [0.4, 0.5) is 4.39 Å². The van der Waals surface area contributed by atoms with Gasteiger partial charge in [0.05, 0.1) is 10.0 Å². The fourth-order valence-electron chi connectivity index (χ4n) is 2.09. The Kier molecular flexibility index (Phi) is 4.63. The molecule has 0 atom stereocenters. The molecule has 2 aromatic rings. The highest BCUT2D eigenvalue weighted by Gasteiger charge is 2.11. The van der Waals surface area contributed by atoms with E-state index in [0.29, 0.717) is 10.2 Å². The molecule has 1 N–H and O–H groups in total. The van der Waals surface area contributed by atoms with Crippen molar-refractivity contribution in [3.63, 3.8) is 0 Å². The number of aromatic carboxylic acids is 1. The summed E-state index contributed by atoms with van der Waals surface area (Å²) in [6.07, 6.45) is 0. The summed E-state index contributed by atoms with van der Waals surface area (Å²) < 4.78 is 19.3. The first-order valence-electron chi connectivity index (χ1n) is 6.29. The monoisotopic (exact) mass is 352 g/mol. The van der Waals surface area contributed by atoms with Crippen molar-refractivity contribution in [2.45, 2.75) is 20.5 Å². The Balaban J connectivity index is 2.20. The molecule has 0 aliphatic rings. The van der Waals surface area contributed by atoms with E-state index in [2.05, 4.69) is 15.9 Å². The van der Waals surface area contributed by atoms with Gasteiger partial charge in [-0.2, -0.15) is 0 Å². The van der Waals surface area contributed by atoms with E-state index in [1.165, 1.54) is 6.07 Å². The Hall–Kier alpha value is -1.88. The first-order valence-corrected chi connectivity index (χ1v) is 7.09. The van der Waals surface area contributed by atoms with Gasteiger partial charge in [0, 0.05) is 0 Å². The van der Waals surface area contributed by atoms with Crippen LogP contribution in [-0.2, 0) is 6.61 Å². The normalized spacial score (nSPS) is 10.5. The Morgan fingerprint density at radius 2 is 1.86 bits per heavy atom. The van der Waals surface area contributed by atoms with Crippen molar-refractivity contribution in [1.82, 2.24) is 0 Å². The third-order valence-electron chi connectivity index (χ3n) is 3.07. The van der Waals surface area contributed by atoms with Gasteiger partial charge in [0.2, 0.25) is 0 Å². The quantitative estimate of drug-likeness (QED) is 0.882. The van der Waals surface area contributed by atoms with Crippen LogP contribution < -0.4 is 4.74 Å². The number of carboxylic acid groups (broad SMARTS) is 1. The summed E-state index contributed by atoms with van der Waals surface area (Å²) in [5.41, 5.74) is 2.58.